The molecule has 1 atom stereocenters. The average molecular weight is 375 g/mol. The molecule has 0 aliphatic carbocycles. The molecule has 24 heavy (non-hydrogen) atoms. The van der Waals surface area contributed by atoms with Crippen LogP contribution in [0, 0.1) is 0 Å². The molecule has 1 N–H and O–H groups in total. The number of benzene rings is 1. The van der Waals surface area contributed by atoms with Gasteiger partial charge in [0.15, 0.2) is 0 Å². The number of amides is 2. The monoisotopic (exact) mass is 374 g/mol. The average Bonchev–Trinajstić information content (AvgIpc) is 2.52. The summed E-state index contributed by atoms with van der Waals surface area (Å²) in [5.74, 6) is -0.105. The predicted octanol–water partition coefficient (Wildman–Crippen LogP) is 2.66. The van der Waals surface area contributed by atoms with Crippen LogP contribution in [0.1, 0.15) is 25.8 Å². The molecule has 0 saturated carbocycles. The minimum atomic E-state index is -0.495. The van der Waals surface area contributed by atoms with Gasteiger partial charge in [0.2, 0.25) is 11.8 Å². The minimum absolute atomic E-state index is 0.0281. The molecule has 1 aromatic carbocycles. The Bertz CT molecular complexity index is 589. The van der Waals surface area contributed by atoms with Crippen molar-refractivity contribution >= 4 is 41.5 Å². The van der Waals surface area contributed by atoms with Gasteiger partial charge in [0, 0.05) is 28.7 Å². The van der Waals surface area contributed by atoms with E-state index in [9.17, 15) is 9.59 Å². The number of halogens is 2. The molecule has 0 aromatic heterocycles. The van der Waals surface area contributed by atoms with Crippen LogP contribution in [0.25, 0.3) is 0 Å². The van der Waals surface area contributed by atoms with Gasteiger partial charge >= 0.3 is 0 Å². The predicted molar refractivity (Wildman–Crippen MR) is 92.0 cm³/mol. The lowest BCUT2D eigenvalue weighted by Crippen LogP contribution is -2.58. The third kappa shape index (κ3) is 4.85. The van der Waals surface area contributed by atoms with Crippen molar-refractivity contribution in [2.75, 3.05) is 13.1 Å². The van der Waals surface area contributed by atoms with Crippen LogP contribution in [0.15, 0.2) is 18.2 Å². The van der Waals surface area contributed by atoms with E-state index >= 15 is 0 Å². The van der Waals surface area contributed by atoms with E-state index < -0.39 is 6.04 Å². The number of hydrogen-bond donors (Lipinski definition) is 1. The molecular weight excluding hydrogens is 355 g/mol. The first kappa shape index (κ1) is 20.3. The van der Waals surface area contributed by atoms with Gasteiger partial charge < -0.3 is 14.9 Å². The Morgan fingerprint density at radius 3 is 2.33 bits per heavy atom. The normalized spacial score (nSPS) is 17.4. The van der Waals surface area contributed by atoms with E-state index in [-0.39, 0.29) is 31.4 Å². The number of carbonyl (C=O) groups is 3. The smallest absolute Gasteiger partial charge is 0.290 e. The van der Waals surface area contributed by atoms with Crippen LogP contribution in [0.3, 0.4) is 0 Å². The largest absolute Gasteiger partial charge is 0.483 e. The zero-order valence-electron chi connectivity index (χ0n) is 13.5. The molecule has 1 fully saturated rings. The zero-order valence-corrected chi connectivity index (χ0v) is 15.0. The quantitative estimate of drug-likeness (QED) is 0.821. The molecule has 1 aliphatic rings. The molecule has 0 unspecified atom stereocenters. The Hall–Kier alpha value is -1.79. The van der Waals surface area contributed by atoms with Crippen LogP contribution in [-0.2, 0) is 20.9 Å². The first-order chi connectivity index (χ1) is 11.4. The molecule has 2 rings (SSSR count). The maximum atomic E-state index is 12.3. The van der Waals surface area contributed by atoms with E-state index in [2.05, 4.69) is 0 Å². The first-order valence-corrected chi connectivity index (χ1v) is 8.21. The lowest BCUT2D eigenvalue weighted by atomic mass is 10.1. The van der Waals surface area contributed by atoms with Crippen molar-refractivity contribution in [1.82, 2.24) is 9.80 Å². The summed E-state index contributed by atoms with van der Waals surface area (Å²) in [7, 11) is 0. The molecule has 0 bridgehead atoms. The number of rotatable bonds is 4. The second-order valence-electron chi connectivity index (χ2n) is 5.26. The van der Waals surface area contributed by atoms with E-state index in [0.29, 0.717) is 22.2 Å². The summed E-state index contributed by atoms with van der Waals surface area (Å²) in [6.07, 6.45) is 0.835. The summed E-state index contributed by atoms with van der Waals surface area (Å²) in [5.41, 5.74) is 0.678. The van der Waals surface area contributed by atoms with Crippen molar-refractivity contribution in [3.8, 4) is 0 Å². The fourth-order valence-corrected chi connectivity index (χ4v) is 3.00. The van der Waals surface area contributed by atoms with Gasteiger partial charge in [0.05, 0.1) is 6.54 Å². The van der Waals surface area contributed by atoms with Crippen LogP contribution < -0.4 is 0 Å². The van der Waals surface area contributed by atoms with Gasteiger partial charge in [-0.15, -0.1) is 0 Å². The SMILES string of the molecule is CCCN1CC(=O)N(Cc2c(Cl)cccc2Cl)[C@@H](C)C1=O.O=CO. The van der Waals surface area contributed by atoms with E-state index in [1.165, 1.54) is 0 Å². The summed E-state index contributed by atoms with van der Waals surface area (Å²) in [5, 5.41) is 7.90. The highest BCUT2D eigenvalue weighted by molar-refractivity contribution is 6.36. The summed E-state index contributed by atoms with van der Waals surface area (Å²) in [4.78, 5) is 36.1. The highest BCUT2D eigenvalue weighted by Gasteiger charge is 2.36. The van der Waals surface area contributed by atoms with Gasteiger partial charge in [-0.05, 0) is 25.5 Å². The standard InChI is InChI=1S/C15H18Cl2N2O2.CH2O2/c1-3-7-18-9-14(20)19(10(2)15(18)21)8-11-12(16)5-4-6-13(11)17;2-1-3/h4-6,10H,3,7-9H2,1-2H3;1H,(H,2,3)/t10-;/m0./s1. The van der Waals surface area contributed by atoms with Crippen LogP contribution >= 0.6 is 23.2 Å². The highest BCUT2D eigenvalue weighted by atomic mass is 35.5. The number of hydrogen-bond acceptors (Lipinski definition) is 3. The minimum Gasteiger partial charge on any atom is -0.483 e. The molecule has 2 amide bonds. The van der Waals surface area contributed by atoms with Crippen molar-refractivity contribution in [2.45, 2.75) is 32.9 Å². The van der Waals surface area contributed by atoms with Gasteiger partial charge in [0.25, 0.3) is 6.47 Å². The zero-order chi connectivity index (χ0) is 18.3. The van der Waals surface area contributed by atoms with Crippen molar-refractivity contribution in [3.63, 3.8) is 0 Å². The van der Waals surface area contributed by atoms with Crippen LogP contribution in [0.2, 0.25) is 10.0 Å². The topological polar surface area (TPSA) is 77.9 Å². The number of nitrogens with zero attached hydrogens (tertiary/aromatic N) is 2. The number of carboxylic acid groups (broad SMARTS) is 1. The van der Waals surface area contributed by atoms with Gasteiger partial charge in [-0.1, -0.05) is 36.2 Å². The van der Waals surface area contributed by atoms with E-state index in [1.807, 2.05) is 6.92 Å². The molecule has 1 aliphatic heterocycles. The highest BCUT2D eigenvalue weighted by Crippen LogP contribution is 2.27. The van der Waals surface area contributed by atoms with E-state index in [0.717, 1.165) is 6.42 Å². The van der Waals surface area contributed by atoms with Crippen molar-refractivity contribution < 1.29 is 19.5 Å². The van der Waals surface area contributed by atoms with Crippen LogP contribution in [0.4, 0.5) is 0 Å². The summed E-state index contributed by atoms with van der Waals surface area (Å²) in [6.45, 7) is 4.46. The summed E-state index contributed by atoms with van der Waals surface area (Å²) >= 11 is 12.3. The second-order valence-corrected chi connectivity index (χ2v) is 6.08. The maximum Gasteiger partial charge on any atom is 0.290 e. The lowest BCUT2D eigenvalue weighted by Gasteiger charge is -2.39. The van der Waals surface area contributed by atoms with Crippen molar-refractivity contribution in [2.24, 2.45) is 0 Å². The maximum absolute atomic E-state index is 12.3. The third-order valence-corrected chi connectivity index (χ3v) is 4.37. The fourth-order valence-electron chi connectivity index (χ4n) is 2.48. The Morgan fingerprint density at radius 1 is 1.29 bits per heavy atom. The third-order valence-electron chi connectivity index (χ3n) is 3.67. The first-order valence-electron chi connectivity index (χ1n) is 7.46. The molecule has 132 valence electrons. The molecule has 6 nitrogen and oxygen atoms in total. The molecule has 1 saturated heterocycles. The molecular formula is C16H20Cl2N2O4. The Morgan fingerprint density at radius 2 is 1.83 bits per heavy atom. The molecule has 1 heterocycles. The Labute approximate surface area is 150 Å². The Balaban J connectivity index is 0.000000891. The molecule has 0 radical (unpaired) electrons. The Kier molecular flexibility index (Phi) is 8.01. The van der Waals surface area contributed by atoms with Crippen LogP contribution in [0.5, 0.6) is 0 Å². The second kappa shape index (κ2) is 9.49. The molecule has 8 heteroatoms. The van der Waals surface area contributed by atoms with Gasteiger partial charge in [-0.2, -0.15) is 0 Å². The van der Waals surface area contributed by atoms with Crippen molar-refractivity contribution in [1.29, 1.82) is 0 Å². The summed E-state index contributed by atoms with van der Waals surface area (Å²) in [6, 6.07) is 4.72. The summed E-state index contributed by atoms with van der Waals surface area (Å²) < 4.78 is 0. The lowest BCUT2D eigenvalue weighted by molar-refractivity contribution is -0.155. The van der Waals surface area contributed by atoms with E-state index in [4.69, 9.17) is 33.1 Å². The molecule has 1 aromatic rings. The van der Waals surface area contributed by atoms with Crippen molar-refractivity contribution in [3.05, 3.63) is 33.8 Å². The van der Waals surface area contributed by atoms with Gasteiger partial charge in [-0.3, -0.25) is 14.4 Å². The van der Waals surface area contributed by atoms with E-state index in [1.54, 1.807) is 34.9 Å². The van der Waals surface area contributed by atoms with Gasteiger partial charge in [0.1, 0.15) is 6.04 Å². The van der Waals surface area contributed by atoms with Gasteiger partial charge in [-0.25, -0.2) is 0 Å². The molecule has 0 spiro atoms. The number of piperazine rings is 1. The van der Waals surface area contributed by atoms with Crippen LogP contribution in [-0.4, -0.2) is 52.3 Å². The number of carbonyl (C=O) groups excluding carboxylic acids is 2. The fraction of sp³-hybridized carbons (Fsp3) is 0.438.